The van der Waals surface area contributed by atoms with Gasteiger partial charge in [-0.05, 0) is 24.2 Å². The summed E-state index contributed by atoms with van der Waals surface area (Å²) in [5, 5.41) is 0. The average molecular weight is 170 g/mol. The van der Waals surface area contributed by atoms with Gasteiger partial charge in [-0.15, -0.1) is 0 Å². The molecule has 2 unspecified atom stereocenters. The van der Waals surface area contributed by atoms with E-state index in [4.69, 9.17) is 4.74 Å². The predicted octanol–water partition coefficient (Wildman–Crippen LogP) is 3.24. The smallest absolute Gasteiger partial charge is 0.0516 e. The van der Waals surface area contributed by atoms with Crippen molar-refractivity contribution in [2.45, 2.75) is 46.0 Å². The lowest BCUT2D eigenvalue weighted by atomic mass is 9.70. The van der Waals surface area contributed by atoms with Gasteiger partial charge in [0.2, 0.25) is 0 Å². The molecule has 0 aromatic rings. The van der Waals surface area contributed by atoms with Crippen LogP contribution in [0.5, 0.6) is 0 Å². The summed E-state index contributed by atoms with van der Waals surface area (Å²) in [6, 6.07) is 0. The maximum absolute atomic E-state index is 5.28. The van der Waals surface area contributed by atoms with E-state index >= 15 is 0 Å². The summed E-state index contributed by atoms with van der Waals surface area (Å²) in [6.07, 6.45) is 6.92. The zero-order valence-electron chi connectivity index (χ0n) is 8.73. The van der Waals surface area contributed by atoms with Crippen LogP contribution in [0.2, 0.25) is 0 Å². The standard InChI is InChI=1S/C11H22O/c1-4-10-6-5-7-11(2,8-10)9-12-3/h10H,4-9H2,1-3H3. The van der Waals surface area contributed by atoms with Gasteiger partial charge in [-0.1, -0.05) is 33.1 Å². The number of hydrogen-bond donors (Lipinski definition) is 0. The molecule has 1 heteroatoms. The molecule has 0 spiro atoms. The molecule has 1 nitrogen and oxygen atoms in total. The topological polar surface area (TPSA) is 9.23 Å². The summed E-state index contributed by atoms with van der Waals surface area (Å²) < 4.78 is 5.28. The highest BCUT2D eigenvalue weighted by molar-refractivity contribution is 4.82. The normalized spacial score (nSPS) is 36.8. The van der Waals surface area contributed by atoms with Crippen LogP contribution in [0.4, 0.5) is 0 Å². The maximum atomic E-state index is 5.28. The summed E-state index contributed by atoms with van der Waals surface area (Å²) >= 11 is 0. The Morgan fingerprint density at radius 2 is 2.25 bits per heavy atom. The molecule has 0 amide bonds. The third-order valence-electron chi connectivity index (χ3n) is 3.24. The fourth-order valence-electron chi connectivity index (χ4n) is 2.55. The van der Waals surface area contributed by atoms with E-state index in [1.165, 1.54) is 32.1 Å². The van der Waals surface area contributed by atoms with Gasteiger partial charge in [0.05, 0.1) is 6.61 Å². The summed E-state index contributed by atoms with van der Waals surface area (Å²) in [5.74, 6) is 0.957. The van der Waals surface area contributed by atoms with Gasteiger partial charge in [0.15, 0.2) is 0 Å². The number of hydrogen-bond acceptors (Lipinski definition) is 1. The highest BCUT2D eigenvalue weighted by Crippen LogP contribution is 2.40. The van der Waals surface area contributed by atoms with Crippen LogP contribution >= 0.6 is 0 Å². The van der Waals surface area contributed by atoms with Crippen LogP contribution in [0.25, 0.3) is 0 Å². The van der Waals surface area contributed by atoms with E-state index < -0.39 is 0 Å². The highest BCUT2D eigenvalue weighted by atomic mass is 16.5. The van der Waals surface area contributed by atoms with Crippen molar-refractivity contribution in [3.05, 3.63) is 0 Å². The lowest BCUT2D eigenvalue weighted by Gasteiger charge is -2.37. The largest absolute Gasteiger partial charge is 0.384 e. The average Bonchev–Trinajstić information content (AvgIpc) is 2.04. The van der Waals surface area contributed by atoms with E-state index in [-0.39, 0.29) is 0 Å². The lowest BCUT2D eigenvalue weighted by Crippen LogP contribution is -2.29. The third kappa shape index (κ3) is 2.48. The fourth-order valence-corrected chi connectivity index (χ4v) is 2.55. The summed E-state index contributed by atoms with van der Waals surface area (Å²) in [5.41, 5.74) is 0.480. The van der Waals surface area contributed by atoms with Crippen molar-refractivity contribution in [1.29, 1.82) is 0 Å². The van der Waals surface area contributed by atoms with Crippen LogP contribution in [0.15, 0.2) is 0 Å². The van der Waals surface area contributed by atoms with Gasteiger partial charge in [0.25, 0.3) is 0 Å². The molecule has 0 N–H and O–H groups in total. The van der Waals surface area contributed by atoms with Crippen molar-refractivity contribution in [3.63, 3.8) is 0 Å². The van der Waals surface area contributed by atoms with Gasteiger partial charge >= 0.3 is 0 Å². The van der Waals surface area contributed by atoms with Gasteiger partial charge in [0.1, 0.15) is 0 Å². The second-order valence-corrected chi connectivity index (χ2v) is 4.61. The van der Waals surface area contributed by atoms with E-state index in [1.807, 2.05) is 7.11 Å². The number of ether oxygens (including phenoxy) is 1. The molecule has 1 aliphatic carbocycles. The Morgan fingerprint density at radius 3 is 2.83 bits per heavy atom. The van der Waals surface area contributed by atoms with E-state index in [1.54, 1.807) is 0 Å². The lowest BCUT2D eigenvalue weighted by molar-refractivity contribution is 0.0427. The summed E-state index contributed by atoms with van der Waals surface area (Å²) in [7, 11) is 1.82. The highest BCUT2D eigenvalue weighted by Gasteiger charge is 2.31. The van der Waals surface area contributed by atoms with Crippen LogP contribution in [0, 0.1) is 11.3 Å². The molecule has 0 aromatic carbocycles. The monoisotopic (exact) mass is 170 g/mol. The first-order valence-corrected chi connectivity index (χ1v) is 5.19. The van der Waals surface area contributed by atoms with Crippen molar-refractivity contribution in [3.8, 4) is 0 Å². The molecule has 0 aliphatic heterocycles. The molecule has 1 fully saturated rings. The Balaban J connectivity index is 2.43. The molecule has 1 aliphatic rings. The molecule has 1 saturated carbocycles. The molecule has 0 bridgehead atoms. The Bertz CT molecular complexity index is 129. The van der Waals surface area contributed by atoms with Crippen molar-refractivity contribution in [1.82, 2.24) is 0 Å². The van der Waals surface area contributed by atoms with Gasteiger partial charge < -0.3 is 4.74 Å². The molecule has 2 atom stereocenters. The van der Waals surface area contributed by atoms with Crippen LogP contribution in [-0.4, -0.2) is 13.7 Å². The predicted molar refractivity (Wildman–Crippen MR) is 52.2 cm³/mol. The van der Waals surface area contributed by atoms with Crippen molar-refractivity contribution < 1.29 is 4.74 Å². The number of methoxy groups -OCH3 is 1. The van der Waals surface area contributed by atoms with E-state index in [2.05, 4.69) is 13.8 Å². The first kappa shape index (κ1) is 10.0. The Morgan fingerprint density at radius 1 is 1.50 bits per heavy atom. The van der Waals surface area contributed by atoms with Crippen LogP contribution in [0.3, 0.4) is 0 Å². The minimum Gasteiger partial charge on any atom is -0.384 e. The van der Waals surface area contributed by atoms with Crippen LogP contribution < -0.4 is 0 Å². The zero-order chi connectivity index (χ0) is 9.03. The second-order valence-electron chi connectivity index (χ2n) is 4.61. The quantitative estimate of drug-likeness (QED) is 0.632. The van der Waals surface area contributed by atoms with Crippen LogP contribution in [0.1, 0.15) is 46.0 Å². The first-order valence-electron chi connectivity index (χ1n) is 5.19. The molecular formula is C11H22O. The zero-order valence-corrected chi connectivity index (χ0v) is 8.73. The second kappa shape index (κ2) is 4.27. The molecule has 0 aromatic heterocycles. The maximum Gasteiger partial charge on any atom is 0.0516 e. The third-order valence-corrected chi connectivity index (χ3v) is 3.24. The minimum absolute atomic E-state index is 0.480. The Labute approximate surface area is 76.5 Å². The summed E-state index contributed by atoms with van der Waals surface area (Å²) in [6.45, 7) is 5.63. The molecule has 72 valence electrons. The van der Waals surface area contributed by atoms with Crippen molar-refractivity contribution in [2.75, 3.05) is 13.7 Å². The fraction of sp³-hybridized carbons (Fsp3) is 1.00. The molecule has 1 rings (SSSR count). The Hall–Kier alpha value is -0.0400. The molecular weight excluding hydrogens is 148 g/mol. The van der Waals surface area contributed by atoms with Gasteiger partial charge in [-0.25, -0.2) is 0 Å². The Kier molecular flexibility index (Phi) is 3.57. The van der Waals surface area contributed by atoms with E-state index in [0.717, 1.165) is 12.5 Å². The molecule has 12 heavy (non-hydrogen) atoms. The van der Waals surface area contributed by atoms with E-state index in [9.17, 15) is 0 Å². The SMILES string of the molecule is CCC1CCCC(C)(COC)C1. The summed E-state index contributed by atoms with van der Waals surface area (Å²) in [4.78, 5) is 0. The molecule has 0 saturated heterocycles. The van der Waals surface area contributed by atoms with Gasteiger partial charge in [-0.2, -0.15) is 0 Å². The minimum atomic E-state index is 0.480. The first-order chi connectivity index (χ1) is 5.70. The van der Waals surface area contributed by atoms with Crippen molar-refractivity contribution in [2.24, 2.45) is 11.3 Å². The number of rotatable bonds is 3. The van der Waals surface area contributed by atoms with E-state index in [0.29, 0.717) is 5.41 Å². The van der Waals surface area contributed by atoms with Crippen LogP contribution in [-0.2, 0) is 4.74 Å². The van der Waals surface area contributed by atoms with Crippen molar-refractivity contribution >= 4 is 0 Å². The molecule has 0 heterocycles. The molecule has 0 radical (unpaired) electrons. The van der Waals surface area contributed by atoms with Gasteiger partial charge in [0, 0.05) is 7.11 Å². The van der Waals surface area contributed by atoms with Gasteiger partial charge in [-0.3, -0.25) is 0 Å².